The van der Waals surface area contributed by atoms with E-state index in [0.717, 1.165) is 47.6 Å². The van der Waals surface area contributed by atoms with Crippen LogP contribution < -0.4 is 4.74 Å². The van der Waals surface area contributed by atoms with E-state index in [1.54, 1.807) is 0 Å². The minimum atomic E-state index is -0.396. The van der Waals surface area contributed by atoms with Crippen molar-refractivity contribution in [1.82, 2.24) is 4.90 Å². The number of Topliss-reactive ketones (excluding diaryl/α,β-unsaturated/α-hetero) is 1. The zero-order valence-corrected chi connectivity index (χ0v) is 19.8. The highest BCUT2D eigenvalue weighted by Gasteiger charge is 2.32. The highest BCUT2D eigenvalue weighted by Crippen LogP contribution is 2.36. The Balaban J connectivity index is 1.78. The first-order valence-electron chi connectivity index (χ1n) is 11.6. The molecule has 168 valence electrons. The van der Waals surface area contributed by atoms with E-state index in [9.17, 15) is 4.79 Å². The number of rotatable bonds is 11. The number of ether oxygens (including phenoxy) is 1. The third-order valence-corrected chi connectivity index (χ3v) is 6.39. The van der Waals surface area contributed by atoms with Gasteiger partial charge in [-0.2, -0.15) is 0 Å². The van der Waals surface area contributed by atoms with Gasteiger partial charge in [-0.1, -0.05) is 81.4 Å². The Labute approximate surface area is 193 Å². The second-order valence-corrected chi connectivity index (χ2v) is 8.52. The van der Waals surface area contributed by atoms with Gasteiger partial charge in [-0.3, -0.25) is 4.79 Å². The van der Waals surface area contributed by atoms with E-state index in [-0.39, 0.29) is 5.78 Å². The molecule has 3 heteroatoms. The van der Waals surface area contributed by atoms with E-state index < -0.39 is 5.41 Å². The molecule has 0 aromatic heterocycles. The number of benzene rings is 3. The third-order valence-electron chi connectivity index (χ3n) is 6.39. The van der Waals surface area contributed by atoms with Gasteiger partial charge in [0.15, 0.2) is 5.78 Å². The number of carbonyl (C=O) groups excluding carboxylic acids is 1. The van der Waals surface area contributed by atoms with Crippen molar-refractivity contribution in [3.8, 4) is 5.75 Å². The smallest absolute Gasteiger partial charge is 0.164 e. The van der Waals surface area contributed by atoms with E-state index >= 15 is 0 Å². The van der Waals surface area contributed by atoms with Crippen LogP contribution in [0, 0.1) is 6.92 Å². The number of nitrogens with zero attached hydrogens (tertiary/aromatic N) is 1. The summed E-state index contributed by atoms with van der Waals surface area (Å²) in [6, 6.07) is 26.4. The van der Waals surface area contributed by atoms with Gasteiger partial charge in [0.05, 0.1) is 0 Å². The number of likely N-dealkylation sites (N-methyl/N-ethyl adjacent to an activating group) is 1. The standard InChI is InChI=1S/C29H35NO2/c1-5-30(6-2)19-20-32-28-18-17-24(21-23(28)3)27(31)22-29(4,25-13-9-7-10-14-25)26-15-11-8-12-16-26/h7-18,21H,5-6,19-20,22H2,1-4H3. The van der Waals surface area contributed by atoms with Gasteiger partial charge in [-0.15, -0.1) is 0 Å². The molecule has 0 amide bonds. The summed E-state index contributed by atoms with van der Waals surface area (Å²) in [5, 5.41) is 0. The van der Waals surface area contributed by atoms with Gasteiger partial charge in [0.2, 0.25) is 0 Å². The predicted molar refractivity (Wildman–Crippen MR) is 133 cm³/mol. The lowest BCUT2D eigenvalue weighted by Crippen LogP contribution is -2.28. The van der Waals surface area contributed by atoms with E-state index in [1.165, 1.54) is 0 Å². The molecule has 0 aliphatic heterocycles. The molecule has 3 rings (SSSR count). The Morgan fingerprint density at radius 3 is 1.94 bits per heavy atom. The zero-order chi connectivity index (χ0) is 23.0. The maximum atomic E-state index is 13.4. The molecule has 0 saturated heterocycles. The third kappa shape index (κ3) is 5.66. The van der Waals surface area contributed by atoms with Crippen molar-refractivity contribution in [2.45, 2.75) is 39.5 Å². The van der Waals surface area contributed by atoms with Gasteiger partial charge in [0.1, 0.15) is 12.4 Å². The molecule has 0 aliphatic carbocycles. The fourth-order valence-electron chi connectivity index (χ4n) is 4.22. The van der Waals surface area contributed by atoms with Crippen LogP contribution in [-0.4, -0.2) is 36.9 Å². The maximum absolute atomic E-state index is 13.4. The lowest BCUT2D eigenvalue weighted by Gasteiger charge is -2.30. The summed E-state index contributed by atoms with van der Waals surface area (Å²) in [5.74, 6) is 0.987. The molecule has 0 bridgehead atoms. The Morgan fingerprint density at radius 1 is 0.875 bits per heavy atom. The molecule has 0 spiro atoms. The number of carbonyl (C=O) groups is 1. The average molecular weight is 430 g/mol. The summed E-state index contributed by atoms with van der Waals surface area (Å²) in [7, 11) is 0. The lowest BCUT2D eigenvalue weighted by atomic mass is 9.72. The number of hydrogen-bond donors (Lipinski definition) is 0. The minimum absolute atomic E-state index is 0.137. The van der Waals surface area contributed by atoms with Gasteiger partial charge < -0.3 is 9.64 Å². The van der Waals surface area contributed by atoms with Crippen LogP contribution in [0.25, 0.3) is 0 Å². The number of ketones is 1. The van der Waals surface area contributed by atoms with Crippen molar-refractivity contribution in [1.29, 1.82) is 0 Å². The van der Waals surface area contributed by atoms with Crippen LogP contribution in [0.4, 0.5) is 0 Å². The molecule has 0 saturated carbocycles. The van der Waals surface area contributed by atoms with E-state index in [4.69, 9.17) is 4.74 Å². The van der Waals surface area contributed by atoms with E-state index in [0.29, 0.717) is 13.0 Å². The molecule has 0 radical (unpaired) electrons. The molecule has 3 nitrogen and oxygen atoms in total. The van der Waals surface area contributed by atoms with Gasteiger partial charge in [0, 0.05) is 23.9 Å². The minimum Gasteiger partial charge on any atom is -0.492 e. The van der Waals surface area contributed by atoms with Crippen molar-refractivity contribution in [2.24, 2.45) is 0 Å². The Bertz CT molecular complexity index is 955. The molecule has 32 heavy (non-hydrogen) atoms. The number of hydrogen-bond acceptors (Lipinski definition) is 3. The predicted octanol–water partition coefficient (Wildman–Crippen LogP) is 6.29. The molecule has 0 aliphatic rings. The Morgan fingerprint density at radius 2 is 1.44 bits per heavy atom. The largest absolute Gasteiger partial charge is 0.492 e. The lowest BCUT2D eigenvalue weighted by molar-refractivity contribution is 0.0962. The second-order valence-electron chi connectivity index (χ2n) is 8.52. The Hall–Kier alpha value is -2.91. The topological polar surface area (TPSA) is 29.5 Å². The molecule has 3 aromatic rings. The van der Waals surface area contributed by atoms with Crippen LogP contribution in [-0.2, 0) is 5.41 Å². The first-order valence-corrected chi connectivity index (χ1v) is 11.6. The van der Waals surface area contributed by atoms with Crippen LogP contribution in [0.3, 0.4) is 0 Å². The summed E-state index contributed by atoms with van der Waals surface area (Å²) in [5.41, 5.74) is 3.63. The molecular weight excluding hydrogens is 394 g/mol. The molecule has 0 unspecified atom stereocenters. The maximum Gasteiger partial charge on any atom is 0.164 e. The molecular formula is C29H35NO2. The fourth-order valence-corrected chi connectivity index (χ4v) is 4.22. The summed E-state index contributed by atoms with van der Waals surface area (Å²) >= 11 is 0. The quantitative estimate of drug-likeness (QED) is 0.335. The summed E-state index contributed by atoms with van der Waals surface area (Å²) < 4.78 is 5.99. The first kappa shape index (κ1) is 23.7. The van der Waals surface area contributed by atoms with Crippen molar-refractivity contribution in [2.75, 3.05) is 26.2 Å². The van der Waals surface area contributed by atoms with Gasteiger partial charge >= 0.3 is 0 Å². The van der Waals surface area contributed by atoms with Gasteiger partial charge in [-0.05, 0) is 54.9 Å². The van der Waals surface area contributed by atoms with Crippen molar-refractivity contribution in [3.05, 3.63) is 101 Å². The molecule has 0 atom stereocenters. The first-order chi connectivity index (χ1) is 15.5. The normalized spacial score (nSPS) is 11.5. The molecule has 0 heterocycles. The van der Waals surface area contributed by atoms with Crippen LogP contribution in [0.1, 0.15) is 54.2 Å². The fraction of sp³-hybridized carbons (Fsp3) is 0.345. The molecule has 0 fully saturated rings. The van der Waals surface area contributed by atoms with E-state index in [1.807, 2.05) is 61.5 Å². The Kier molecular flexibility index (Phi) is 8.24. The molecule has 3 aromatic carbocycles. The van der Waals surface area contributed by atoms with Crippen molar-refractivity contribution >= 4 is 5.78 Å². The summed E-state index contributed by atoms with van der Waals surface area (Å²) in [6.45, 7) is 12.1. The van der Waals surface area contributed by atoms with Crippen LogP contribution in [0.15, 0.2) is 78.9 Å². The highest BCUT2D eigenvalue weighted by atomic mass is 16.5. The highest BCUT2D eigenvalue weighted by molar-refractivity contribution is 5.97. The second kappa shape index (κ2) is 11.1. The number of aryl methyl sites for hydroxylation is 1. The van der Waals surface area contributed by atoms with Crippen LogP contribution in [0.2, 0.25) is 0 Å². The molecule has 0 N–H and O–H groups in total. The van der Waals surface area contributed by atoms with Crippen LogP contribution in [0.5, 0.6) is 5.75 Å². The average Bonchev–Trinajstić information content (AvgIpc) is 2.83. The SMILES string of the molecule is CCN(CC)CCOc1ccc(C(=O)CC(C)(c2ccccc2)c2ccccc2)cc1C. The van der Waals surface area contributed by atoms with E-state index in [2.05, 4.69) is 49.9 Å². The van der Waals surface area contributed by atoms with Gasteiger partial charge in [0.25, 0.3) is 0 Å². The van der Waals surface area contributed by atoms with Crippen molar-refractivity contribution in [3.63, 3.8) is 0 Å². The van der Waals surface area contributed by atoms with Gasteiger partial charge in [-0.25, -0.2) is 0 Å². The monoisotopic (exact) mass is 429 g/mol. The van der Waals surface area contributed by atoms with Crippen LogP contribution >= 0.6 is 0 Å². The van der Waals surface area contributed by atoms with Crippen molar-refractivity contribution < 1.29 is 9.53 Å². The summed E-state index contributed by atoms with van der Waals surface area (Å²) in [4.78, 5) is 15.7. The zero-order valence-electron chi connectivity index (χ0n) is 19.8. The summed E-state index contributed by atoms with van der Waals surface area (Å²) in [6.07, 6.45) is 0.405.